The first-order valence-corrected chi connectivity index (χ1v) is 10.9. The highest BCUT2D eigenvalue weighted by Gasteiger charge is 2.27. The molecule has 156 valence electrons. The summed E-state index contributed by atoms with van der Waals surface area (Å²) in [5.74, 6) is -1.04. The predicted molar refractivity (Wildman–Crippen MR) is 115 cm³/mol. The van der Waals surface area contributed by atoms with Crippen LogP contribution in [0.4, 0.5) is 10.1 Å². The fourth-order valence-electron chi connectivity index (χ4n) is 3.03. The lowest BCUT2D eigenvalue weighted by Gasteiger charge is -2.22. The second kappa shape index (κ2) is 9.19. The van der Waals surface area contributed by atoms with Gasteiger partial charge >= 0.3 is 0 Å². The molecule has 0 saturated carbocycles. The number of nitrogens with zero attached hydrogens (tertiary/aromatic N) is 1. The molecule has 3 rings (SSSR count). The van der Waals surface area contributed by atoms with Gasteiger partial charge in [-0.15, -0.1) is 0 Å². The minimum atomic E-state index is -3.93. The van der Waals surface area contributed by atoms with E-state index in [1.54, 1.807) is 18.2 Å². The second-order valence-electron chi connectivity index (χ2n) is 7.13. The summed E-state index contributed by atoms with van der Waals surface area (Å²) >= 11 is 0. The zero-order valence-electron chi connectivity index (χ0n) is 16.8. The van der Waals surface area contributed by atoms with Crippen molar-refractivity contribution in [3.05, 3.63) is 95.3 Å². The standard InChI is InChI=1S/C23H23FN2O3S/c1-17-9-11-22(12-10-17)30(28,29)26(15-19-6-3-5-18(2)13-19)16-23(27)25-21-8-4-7-20(24)14-21/h3-14H,15-16H2,1-2H3,(H,25,27). The highest BCUT2D eigenvalue weighted by atomic mass is 32.2. The number of benzene rings is 3. The number of halogens is 1. The van der Waals surface area contributed by atoms with Crippen LogP contribution in [0.3, 0.4) is 0 Å². The molecule has 1 N–H and O–H groups in total. The number of sulfonamides is 1. The van der Waals surface area contributed by atoms with E-state index in [1.165, 1.54) is 30.3 Å². The van der Waals surface area contributed by atoms with Crippen LogP contribution in [0.25, 0.3) is 0 Å². The lowest BCUT2D eigenvalue weighted by atomic mass is 10.1. The molecule has 0 heterocycles. The van der Waals surface area contributed by atoms with E-state index in [0.717, 1.165) is 21.0 Å². The average Bonchev–Trinajstić information content (AvgIpc) is 2.68. The maximum absolute atomic E-state index is 13.4. The molecule has 0 aromatic heterocycles. The highest BCUT2D eigenvalue weighted by Crippen LogP contribution is 2.20. The summed E-state index contributed by atoms with van der Waals surface area (Å²) < 4.78 is 41.0. The van der Waals surface area contributed by atoms with E-state index in [4.69, 9.17) is 0 Å². The summed E-state index contributed by atoms with van der Waals surface area (Å²) in [7, 11) is -3.93. The van der Waals surface area contributed by atoms with Crippen LogP contribution in [0, 0.1) is 19.7 Å². The van der Waals surface area contributed by atoms with E-state index in [9.17, 15) is 17.6 Å². The maximum Gasteiger partial charge on any atom is 0.243 e. The summed E-state index contributed by atoms with van der Waals surface area (Å²) in [4.78, 5) is 12.7. The highest BCUT2D eigenvalue weighted by molar-refractivity contribution is 7.89. The molecule has 30 heavy (non-hydrogen) atoms. The van der Waals surface area contributed by atoms with Gasteiger partial charge in [-0.2, -0.15) is 4.31 Å². The fourth-order valence-corrected chi connectivity index (χ4v) is 4.41. The molecular weight excluding hydrogens is 403 g/mol. The van der Waals surface area contributed by atoms with Crippen molar-refractivity contribution in [2.75, 3.05) is 11.9 Å². The number of nitrogens with one attached hydrogen (secondary N) is 1. The van der Waals surface area contributed by atoms with Gasteiger partial charge in [0, 0.05) is 12.2 Å². The lowest BCUT2D eigenvalue weighted by molar-refractivity contribution is -0.116. The molecule has 1 amide bonds. The first-order valence-electron chi connectivity index (χ1n) is 9.42. The average molecular weight is 427 g/mol. The van der Waals surface area contributed by atoms with Crippen LogP contribution in [0.1, 0.15) is 16.7 Å². The topological polar surface area (TPSA) is 66.5 Å². The third-order valence-electron chi connectivity index (χ3n) is 4.53. The van der Waals surface area contributed by atoms with Crippen LogP contribution in [0.15, 0.2) is 77.7 Å². The summed E-state index contributed by atoms with van der Waals surface area (Å²) in [6.07, 6.45) is 0. The number of aryl methyl sites for hydroxylation is 2. The maximum atomic E-state index is 13.4. The molecule has 0 bridgehead atoms. The van der Waals surface area contributed by atoms with E-state index in [0.29, 0.717) is 0 Å². The molecule has 3 aromatic carbocycles. The molecule has 7 heteroatoms. The Morgan fingerprint density at radius 1 is 0.933 bits per heavy atom. The third-order valence-corrected chi connectivity index (χ3v) is 6.33. The summed E-state index contributed by atoms with van der Waals surface area (Å²) in [5, 5.41) is 2.56. The van der Waals surface area contributed by atoms with Gasteiger partial charge in [0.05, 0.1) is 11.4 Å². The van der Waals surface area contributed by atoms with Crippen molar-refractivity contribution in [2.24, 2.45) is 0 Å². The third kappa shape index (κ3) is 5.52. The van der Waals surface area contributed by atoms with Crippen molar-refractivity contribution in [3.8, 4) is 0 Å². The number of hydrogen-bond donors (Lipinski definition) is 1. The van der Waals surface area contributed by atoms with Gasteiger partial charge in [0.25, 0.3) is 0 Å². The molecule has 3 aromatic rings. The van der Waals surface area contributed by atoms with E-state index >= 15 is 0 Å². The smallest absolute Gasteiger partial charge is 0.243 e. The van der Waals surface area contributed by atoms with Gasteiger partial charge in [0.15, 0.2) is 0 Å². The van der Waals surface area contributed by atoms with Crippen molar-refractivity contribution in [3.63, 3.8) is 0 Å². The van der Waals surface area contributed by atoms with Crippen LogP contribution >= 0.6 is 0 Å². The molecular formula is C23H23FN2O3S. The Hall–Kier alpha value is -3.03. The fraction of sp³-hybridized carbons (Fsp3) is 0.174. The van der Waals surface area contributed by atoms with Crippen molar-refractivity contribution >= 4 is 21.6 Å². The Bertz CT molecular complexity index is 1150. The largest absolute Gasteiger partial charge is 0.325 e. The predicted octanol–water partition coefficient (Wildman–Crippen LogP) is 4.27. The van der Waals surface area contributed by atoms with E-state index in [1.807, 2.05) is 38.1 Å². The van der Waals surface area contributed by atoms with Crippen molar-refractivity contribution in [2.45, 2.75) is 25.3 Å². The van der Waals surface area contributed by atoms with E-state index < -0.39 is 28.3 Å². The Kier molecular flexibility index (Phi) is 6.64. The number of carbonyl (C=O) groups excluding carboxylic acids is 1. The SMILES string of the molecule is Cc1ccc(S(=O)(=O)N(CC(=O)Nc2cccc(F)c2)Cc2cccc(C)c2)cc1. The molecule has 0 atom stereocenters. The Balaban J connectivity index is 1.88. The molecule has 0 saturated heterocycles. The monoisotopic (exact) mass is 426 g/mol. The minimum absolute atomic E-state index is 0.0362. The van der Waals surface area contributed by atoms with Gasteiger partial charge < -0.3 is 5.32 Å². The van der Waals surface area contributed by atoms with Crippen LogP contribution in [-0.4, -0.2) is 25.2 Å². The van der Waals surface area contributed by atoms with Crippen molar-refractivity contribution in [1.82, 2.24) is 4.31 Å². The number of amides is 1. The van der Waals surface area contributed by atoms with Gasteiger partial charge in [-0.05, 0) is 49.7 Å². The summed E-state index contributed by atoms with van der Waals surface area (Å²) in [6.45, 7) is 3.42. The van der Waals surface area contributed by atoms with Crippen molar-refractivity contribution in [1.29, 1.82) is 0 Å². The summed E-state index contributed by atoms with van der Waals surface area (Å²) in [6, 6.07) is 19.4. The Morgan fingerprint density at radius 2 is 1.63 bits per heavy atom. The molecule has 0 aliphatic rings. The van der Waals surface area contributed by atoms with Gasteiger partial charge in [0.2, 0.25) is 15.9 Å². The van der Waals surface area contributed by atoms with Gasteiger partial charge in [-0.1, -0.05) is 53.6 Å². The molecule has 0 spiro atoms. The molecule has 0 radical (unpaired) electrons. The van der Waals surface area contributed by atoms with Crippen LogP contribution in [0.2, 0.25) is 0 Å². The first kappa shape index (κ1) is 21.7. The van der Waals surface area contributed by atoms with Crippen LogP contribution in [-0.2, 0) is 21.4 Å². The molecule has 0 aliphatic heterocycles. The normalized spacial score (nSPS) is 11.5. The van der Waals surface area contributed by atoms with Crippen molar-refractivity contribution < 1.29 is 17.6 Å². The van der Waals surface area contributed by atoms with Gasteiger partial charge in [0.1, 0.15) is 5.82 Å². The van der Waals surface area contributed by atoms with Crippen LogP contribution < -0.4 is 5.32 Å². The Morgan fingerprint density at radius 3 is 2.30 bits per heavy atom. The number of anilines is 1. The second-order valence-corrected chi connectivity index (χ2v) is 9.07. The molecule has 5 nitrogen and oxygen atoms in total. The van der Waals surface area contributed by atoms with Gasteiger partial charge in [-0.3, -0.25) is 4.79 Å². The molecule has 0 aliphatic carbocycles. The summed E-state index contributed by atoms with van der Waals surface area (Å²) in [5.41, 5.74) is 2.96. The molecule has 0 unspecified atom stereocenters. The van der Waals surface area contributed by atoms with E-state index in [2.05, 4.69) is 5.32 Å². The Labute approximate surface area is 176 Å². The zero-order valence-corrected chi connectivity index (χ0v) is 17.6. The first-order chi connectivity index (χ1) is 14.2. The number of carbonyl (C=O) groups is 1. The van der Waals surface area contributed by atoms with Gasteiger partial charge in [-0.25, -0.2) is 12.8 Å². The van der Waals surface area contributed by atoms with E-state index in [-0.39, 0.29) is 17.1 Å². The molecule has 0 fully saturated rings. The number of rotatable bonds is 7. The number of hydrogen-bond acceptors (Lipinski definition) is 3. The quantitative estimate of drug-likeness (QED) is 0.614. The van der Waals surface area contributed by atoms with Crippen LogP contribution in [0.5, 0.6) is 0 Å². The lowest BCUT2D eigenvalue weighted by Crippen LogP contribution is -2.37. The minimum Gasteiger partial charge on any atom is -0.325 e. The zero-order chi connectivity index (χ0) is 21.7.